The summed E-state index contributed by atoms with van der Waals surface area (Å²) in [7, 11) is 1.73. The normalized spacial score (nSPS) is 12.1. The summed E-state index contributed by atoms with van der Waals surface area (Å²) < 4.78 is 10.5. The summed E-state index contributed by atoms with van der Waals surface area (Å²) >= 11 is 1.62. The molecule has 1 aliphatic heterocycles. The van der Waals surface area contributed by atoms with E-state index in [1.54, 1.807) is 41.5 Å². The maximum Gasteiger partial charge on any atom is 0.251 e. The zero-order valence-electron chi connectivity index (χ0n) is 13.5. The van der Waals surface area contributed by atoms with E-state index in [4.69, 9.17) is 9.47 Å². The summed E-state index contributed by atoms with van der Waals surface area (Å²) in [6.45, 7) is 2.67. The van der Waals surface area contributed by atoms with Crippen molar-refractivity contribution in [3.63, 3.8) is 0 Å². The van der Waals surface area contributed by atoms with E-state index < -0.39 is 0 Å². The van der Waals surface area contributed by atoms with Gasteiger partial charge in [0.05, 0.1) is 13.1 Å². The second kappa shape index (κ2) is 6.92. The predicted octanol–water partition coefficient (Wildman–Crippen LogP) is 2.17. The van der Waals surface area contributed by atoms with E-state index >= 15 is 0 Å². The molecule has 0 bridgehead atoms. The topological polar surface area (TPSA) is 67.9 Å². The number of hydrogen-bond acceptors (Lipinski definition) is 5. The first-order valence-corrected chi connectivity index (χ1v) is 8.37. The summed E-state index contributed by atoms with van der Waals surface area (Å²) in [5, 5.41) is 4.65. The van der Waals surface area contributed by atoms with Crippen LogP contribution >= 0.6 is 11.3 Å². The Bertz CT molecular complexity index is 772. The van der Waals surface area contributed by atoms with Crippen LogP contribution in [0.5, 0.6) is 11.5 Å². The minimum absolute atomic E-state index is 0.0474. The SMILES string of the molecule is Cc1ccsc1CN(C)C(=O)CNC(=O)c1ccc2c(c1)OCO2. The molecule has 0 radical (unpaired) electrons. The van der Waals surface area contributed by atoms with Crippen LogP contribution in [0.2, 0.25) is 0 Å². The average Bonchev–Trinajstić information content (AvgIpc) is 3.20. The van der Waals surface area contributed by atoms with E-state index in [0.29, 0.717) is 23.6 Å². The number of likely N-dealkylation sites (N-methyl/N-ethyl adjacent to an activating group) is 1. The van der Waals surface area contributed by atoms with Crippen LogP contribution in [-0.4, -0.2) is 37.1 Å². The number of fused-ring (bicyclic) bond motifs is 1. The van der Waals surface area contributed by atoms with Gasteiger partial charge in [-0.2, -0.15) is 0 Å². The van der Waals surface area contributed by atoms with Gasteiger partial charge in [0.15, 0.2) is 11.5 Å². The van der Waals surface area contributed by atoms with Crippen molar-refractivity contribution >= 4 is 23.2 Å². The third-order valence-corrected chi connectivity index (χ3v) is 4.82. The third kappa shape index (κ3) is 3.51. The van der Waals surface area contributed by atoms with E-state index in [-0.39, 0.29) is 25.2 Å². The van der Waals surface area contributed by atoms with Crippen LogP contribution in [0.3, 0.4) is 0 Å². The van der Waals surface area contributed by atoms with Crippen LogP contribution in [0.15, 0.2) is 29.6 Å². The second-order valence-electron chi connectivity index (χ2n) is 5.53. The number of amides is 2. The highest BCUT2D eigenvalue weighted by Crippen LogP contribution is 2.32. The standard InChI is InChI=1S/C17H18N2O4S/c1-11-5-6-24-15(11)9-19(2)16(20)8-18-17(21)12-3-4-13-14(7-12)23-10-22-13/h3-7H,8-10H2,1-2H3,(H,18,21). The van der Waals surface area contributed by atoms with Gasteiger partial charge >= 0.3 is 0 Å². The van der Waals surface area contributed by atoms with Crippen LogP contribution in [0, 0.1) is 6.92 Å². The van der Waals surface area contributed by atoms with E-state index in [2.05, 4.69) is 5.32 Å². The molecular weight excluding hydrogens is 328 g/mol. The quantitative estimate of drug-likeness (QED) is 0.901. The minimum Gasteiger partial charge on any atom is -0.454 e. The molecule has 1 aliphatic rings. The summed E-state index contributed by atoms with van der Waals surface area (Å²) in [4.78, 5) is 27.1. The van der Waals surface area contributed by atoms with E-state index in [1.807, 2.05) is 18.4 Å². The number of ether oxygens (including phenoxy) is 2. The van der Waals surface area contributed by atoms with Gasteiger partial charge in [-0.3, -0.25) is 9.59 Å². The number of nitrogens with one attached hydrogen (secondary N) is 1. The number of nitrogens with zero attached hydrogens (tertiary/aromatic N) is 1. The number of benzene rings is 1. The van der Waals surface area contributed by atoms with Crippen LogP contribution < -0.4 is 14.8 Å². The number of carbonyl (C=O) groups is 2. The summed E-state index contributed by atoms with van der Waals surface area (Å²) in [6, 6.07) is 6.97. The van der Waals surface area contributed by atoms with Crippen molar-refractivity contribution in [2.75, 3.05) is 20.4 Å². The first-order valence-electron chi connectivity index (χ1n) is 7.49. The third-order valence-electron chi connectivity index (χ3n) is 3.81. The average molecular weight is 346 g/mol. The molecule has 1 N–H and O–H groups in total. The molecule has 24 heavy (non-hydrogen) atoms. The summed E-state index contributed by atoms with van der Waals surface area (Å²) in [6.07, 6.45) is 0. The van der Waals surface area contributed by atoms with E-state index in [1.165, 1.54) is 5.56 Å². The molecule has 2 heterocycles. The molecule has 0 atom stereocenters. The van der Waals surface area contributed by atoms with Gasteiger partial charge in [0.1, 0.15) is 0 Å². The molecule has 6 nitrogen and oxygen atoms in total. The molecule has 1 aromatic carbocycles. The Morgan fingerprint density at radius 1 is 1.25 bits per heavy atom. The molecule has 0 spiro atoms. The molecule has 0 saturated heterocycles. The zero-order valence-corrected chi connectivity index (χ0v) is 14.3. The fourth-order valence-electron chi connectivity index (χ4n) is 2.30. The fraction of sp³-hybridized carbons (Fsp3) is 0.294. The Kier molecular flexibility index (Phi) is 4.71. The maximum absolute atomic E-state index is 12.2. The van der Waals surface area contributed by atoms with Crippen molar-refractivity contribution in [1.29, 1.82) is 0 Å². The lowest BCUT2D eigenvalue weighted by Crippen LogP contribution is -2.37. The van der Waals surface area contributed by atoms with Gasteiger partial charge in [0, 0.05) is 17.5 Å². The first-order chi connectivity index (χ1) is 11.5. The van der Waals surface area contributed by atoms with Crippen molar-refractivity contribution < 1.29 is 19.1 Å². The van der Waals surface area contributed by atoms with Crippen molar-refractivity contribution in [3.8, 4) is 11.5 Å². The molecule has 0 unspecified atom stereocenters. The maximum atomic E-state index is 12.2. The van der Waals surface area contributed by atoms with Gasteiger partial charge in [-0.25, -0.2) is 0 Å². The number of hydrogen-bond donors (Lipinski definition) is 1. The van der Waals surface area contributed by atoms with Crippen molar-refractivity contribution in [2.24, 2.45) is 0 Å². The van der Waals surface area contributed by atoms with Crippen LogP contribution in [-0.2, 0) is 11.3 Å². The van der Waals surface area contributed by atoms with Gasteiger partial charge in [-0.15, -0.1) is 11.3 Å². The largest absolute Gasteiger partial charge is 0.454 e. The zero-order chi connectivity index (χ0) is 17.1. The molecule has 1 aromatic heterocycles. The van der Waals surface area contributed by atoms with Gasteiger partial charge in [-0.05, 0) is 42.1 Å². The lowest BCUT2D eigenvalue weighted by molar-refractivity contribution is -0.129. The number of rotatable bonds is 5. The predicted molar refractivity (Wildman–Crippen MR) is 90.4 cm³/mol. The highest BCUT2D eigenvalue weighted by Gasteiger charge is 2.17. The first kappa shape index (κ1) is 16.3. The Morgan fingerprint density at radius 3 is 2.79 bits per heavy atom. The monoisotopic (exact) mass is 346 g/mol. The van der Waals surface area contributed by atoms with Crippen LogP contribution in [0.25, 0.3) is 0 Å². The van der Waals surface area contributed by atoms with Crippen LogP contribution in [0.1, 0.15) is 20.8 Å². The molecule has 7 heteroatoms. The van der Waals surface area contributed by atoms with Crippen molar-refractivity contribution in [3.05, 3.63) is 45.6 Å². The van der Waals surface area contributed by atoms with E-state index in [0.717, 1.165) is 4.88 Å². The fourth-order valence-corrected chi connectivity index (χ4v) is 3.26. The highest BCUT2D eigenvalue weighted by molar-refractivity contribution is 7.10. The lowest BCUT2D eigenvalue weighted by Gasteiger charge is -2.17. The molecule has 2 aromatic rings. The highest BCUT2D eigenvalue weighted by atomic mass is 32.1. The van der Waals surface area contributed by atoms with Gasteiger partial charge in [-0.1, -0.05) is 0 Å². The molecule has 2 amide bonds. The van der Waals surface area contributed by atoms with Gasteiger partial charge in [0.25, 0.3) is 5.91 Å². The molecular formula is C17H18N2O4S. The summed E-state index contributed by atoms with van der Waals surface area (Å²) in [5.74, 6) is 0.701. The molecule has 0 saturated carbocycles. The Morgan fingerprint density at radius 2 is 2.04 bits per heavy atom. The van der Waals surface area contributed by atoms with E-state index in [9.17, 15) is 9.59 Å². The molecule has 0 fully saturated rings. The van der Waals surface area contributed by atoms with Crippen LogP contribution in [0.4, 0.5) is 0 Å². The molecule has 126 valence electrons. The minimum atomic E-state index is -0.317. The Labute approximate surface area is 144 Å². The number of aryl methyl sites for hydroxylation is 1. The van der Waals surface area contributed by atoms with Gasteiger partial charge in [0.2, 0.25) is 12.7 Å². The second-order valence-corrected chi connectivity index (χ2v) is 6.53. The van der Waals surface area contributed by atoms with Crippen molar-refractivity contribution in [2.45, 2.75) is 13.5 Å². The smallest absolute Gasteiger partial charge is 0.251 e. The Balaban J connectivity index is 1.54. The Hall–Kier alpha value is -2.54. The summed E-state index contributed by atoms with van der Waals surface area (Å²) in [5.41, 5.74) is 1.60. The van der Waals surface area contributed by atoms with Crippen molar-refractivity contribution in [1.82, 2.24) is 10.2 Å². The van der Waals surface area contributed by atoms with Gasteiger partial charge < -0.3 is 19.7 Å². The molecule has 3 rings (SSSR count). The number of carbonyl (C=O) groups excluding carboxylic acids is 2. The molecule has 0 aliphatic carbocycles. The number of thiophene rings is 1. The lowest BCUT2D eigenvalue weighted by atomic mass is 10.2.